The number of aliphatic carboxylic acids is 1. The molecule has 23 heavy (non-hydrogen) atoms. The molecule has 0 bridgehead atoms. The summed E-state index contributed by atoms with van der Waals surface area (Å²) in [7, 11) is -4.78. The number of benzene rings is 1. The van der Waals surface area contributed by atoms with Crippen LogP contribution in [-0.2, 0) is 19.6 Å². The molecular formula is C10H12ClN2NaO8S. The summed E-state index contributed by atoms with van der Waals surface area (Å²) in [5.74, 6) is -2.36. The van der Waals surface area contributed by atoms with Gasteiger partial charge in [-0.15, -0.1) is 0 Å². The summed E-state index contributed by atoms with van der Waals surface area (Å²) in [6.45, 7) is -0.659. The Kier molecular flexibility index (Phi) is 8.28. The molecular weight excluding hydrogens is 367 g/mol. The molecule has 0 aromatic heterocycles. The Hall–Kier alpha value is -1.08. The molecule has 0 aliphatic carbocycles. The van der Waals surface area contributed by atoms with Crippen molar-refractivity contribution in [3.05, 3.63) is 17.2 Å². The molecule has 0 aliphatic heterocycles. The number of rotatable bonds is 5. The second-order valence-corrected chi connectivity index (χ2v) is 5.77. The van der Waals surface area contributed by atoms with Crippen LogP contribution in [0.5, 0.6) is 5.75 Å². The molecule has 1 rings (SSSR count). The minimum atomic E-state index is -4.78. The second kappa shape index (κ2) is 8.68. The van der Waals surface area contributed by atoms with Crippen molar-refractivity contribution < 1.29 is 68.5 Å². The minimum absolute atomic E-state index is 0. The van der Waals surface area contributed by atoms with Crippen molar-refractivity contribution in [2.45, 2.75) is 10.9 Å². The summed E-state index contributed by atoms with van der Waals surface area (Å²) < 4.78 is 35.5. The van der Waals surface area contributed by atoms with E-state index in [1.165, 1.54) is 0 Å². The number of carboxylic acids is 1. The Morgan fingerprint density at radius 2 is 2.00 bits per heavy atom. The maximum Gasteiger partial charge on any atom is 1.00 e. The number of carbonyl (C=O) groups excluding carboxylic acids is 1. The molecule has 0 saturated carbocycles. The summed E-state index contributed by atoms with van der Waals surface area (Å²) in [6, 6.07) is 0.305. The summed E-state index contributed by atoms with van der Waals surface area (Å²) >= 11 is 5.60. The van der Waals surface area contributed by atoms with E-state index in [4.69, 9.17) is 27.0 Å². The van der Waals surface area contributed by atoms with Crippen molar-refractivity contribution in [2.75, 3.05) is 11.9 Å². The van der Waals surface area contributed by atoms with Crippen LogP contribution >= 0.6 is 11.6 Å². The van der Waals surface area contributed by atoms with Gasteiger partial charge in [0, 0.05) is 5.02 Å². The van der Waals surface area contributed by atoms with E-state index < -0.39 is 51.2 Å². The molecule has 10 nitrogen and oxygen atoms in total. The van der Waals surface area contributed by atoms with Crippen LogP contribution in [0, 0.1) is 0 Å². The SMILES string of the molecule is N[C@@H](COC(=O)Nc1cc(Cl)cc(S(=O)(=O)O)c1O)C(=O)O.[H-].[Na+]. The van der Waals surface area contributed by atoms with Crippen LogP contribution in [0.4, 0.5) is 10.5 Å². The monoisotopic (exact) mass is 378 g/mol. The number of anilines is 1. The van der Waals surface area contributed by atoms with Crippen molar-refractivity contribution in [1.29, 1.82) is 0 Å². The van der Waals surface area contributed by atoms with Crippen molar-refractivity contribution in [3.63, 3.8) is 0 Å². The summed E-state index contributed by atoms with van der Waals surface area (Å²) in [5, 5.41) is 19.9. The molecule has 0 aliphatic rings. The van der Waals surface area contributed by atoms with Gasteiger partial charge in [-0.3, -0.25) is 14.7 Å². The largest absolute Gasteiger partial charge is 1.00 e. The molecule has 13 heteroatoms. The van der Waals surface area contributed by atoms with Crippen LogP contribution in [0.25, 0.3) is 0 Å². The molecule has 0 unspecified atom stereocenters. The fraction of sp³-hybridized carbons (Fsp3) is 0.200. The number of halogens is 1. The number of amides is 1. The van der Waals surface area contributed by atoms with Crippen molar-refractivity contribution >= 4 is 39.5 Å². The Balaban J connectivity index is 0. The number of carbonyl (C=O) groups is 2. The van der Waals surface area contributed by atoms with Crippen LogP contribution in [0.15, 0.2) is 17.0 Å². The Morgan fingerprint density at radius 3 is 2.48 bits per heavy atom. The van der Waals surface area contributed by atoms with Crippen LogP contribution < -0.4 is 40.6 Å². The van der Waals surface area contributed by atoms with Gasteiger partial charge in [0.15, 0.2) is 5.75 Å². The number of carboxylic acid groups (broad SMARTS) is 1. The van der Waals surface area contributed by atoms with Crippen molar-refractivity contribution in [2.24, 2.45) is 5.73 Å². The maximum atomic E-state index is 11.4. The molecule has 0 fully saturated rings. The quantitative estimate of drug-likeness (QED) is 0.208. The molecule has 124 valence electrons. The van der Waals surface area contributed by atoms with Crippen molar-refractivity contribution in [1.82, 2.24) is 0 Å². The molecule has 6 N–H and O–H groups in total. The van der Waals surface area contributed by atoms with Gasteiger partial charge in [0.1, 0.15) is 17.5 Å². The average Bonchev–Trinajstić information content (AvgIpc) is 2.38. The molecule has 0 spiro atoms. The third-order valence-corrected chi connectivity index (χ3v) is 3.35. The van der Waals surface area contributed by atoms with Gasteiger partial charge in [-0.1, -0.05) is 11.6 Å². The zero-order chi connectivity index (χ0) is 17.1. The van der Waals surface area contributed by atoms with Crippen LogP contribution in [0.1, 0.15) is 1.43 Å². The summed E-state index contributed by atoms with van der Waals surface area (Å²) in [6.07, 6.45) is -1.21. The fourth-order valence-corrected chi connectivity index (χ4v) is 2.16. The predicted molar refractivity (Wildman–Crippen MR) is 74.6 cm³/mol. The first kappa shape index (κ1) is 21.9. The average molecular weight is 379 g/mol. The smallest absolute Gasteiger partial charge is 1.00 e. The Bertz CT molecular complexity index is 717. The first-order valence-corrected chi connectivity index (χ1v) is 7.26. The van der Waals surface area contributed by atoms with E-state index in [-0.39, 0.29) is 36.0 Å². The summed E-state index contributed by atoms with van der Waals surface area (Å²) in [5.41, 5.74) is 4.64. The molecule has 0 saturated heterocycles. The van der Waals surface area contributed by atoms with Gasteiger partial charge in [-0.25, -0.2) is 4.79 Å². The minimum Gasteiger partial charge on any atom is -1.00 e. The number of nitrogens with one attached hydrogen (secondary N) is 1. The normalized spacial score (nSPS) is 12.0. The zero-order valence-corrected chi connectivity index (χ0v) is 15.3. The number of hydrogen-bond donors (Lipinski definition) is 5. The predicted octanol–water partition coefficient (Wildman–Crippen LogP) is -2.63. The van der Waals surface area contributed by atoms with Crippen molar-refractivity contribution in [3.8, 4) is 5.75 Å². The first-order chi connectivity index (χ1) is 10.0. The van der Waals surface area contributed by atoms with Gasteiger partial charge in [-0.2, -0.15) is 8.42 Å². The van der Waals surface area contributed by atoms with E-state index in [0.717, 1.165) is 12.1 Å². The Labute approximate surface area is 159 Å². The van der Waals surface area contributed by atoms with Gasteiger partial charge < -0.3 is 22.1 Å². The van der Waals surface area contributed by atoms with Gasteiger partial charge >= 0.3 is 41.6 Å². The molecule has 1 amide bonds. The molecule has 1 aromatic carbocycles. The number of phenolic OH excluding ortho intramolecular Hbond substituents is 1. The van der Waals surface area contributed by atoms with E-state index in [0.29, 0.717) is 0 Å². The number of hydrogen-bond acceptors (Lipinski definition) is 7. The third kappa shape index (κ3) is 6.51. The van der Waals surface area contributed by atoms with E-state index in [1.54, 1.807) is 0 Å². The number of aromatic hydroxyl groups is 1. The number of nitrogens with two attached hydrogens (primary N) is 1. The molecule has 0 heterocycles. The maximum absolute atomic E-state index is 11.4. The topological polar surface area (TPSA) is 176 Å². The second-order valence-electron chi connectivity index (χ2n) is 3.94. The molecule has 1 aromatic rings. The number of phenols is 1. The van der Waals surface area contributed by atoms with Gasteiger partial charge in [0.25, 0.3) is 10.1 Å². The zero-order valence-electron chi connectivity index (χ0n) is 12.7. The fourth-order valence-electron chi connectivity index (χ4n) is 1.25. The van der Waals surface area contributed by atoms with Crippen LogP contribution in [-0.4, -0.2) is 47.9 Å². The summed E-state index contributed by atoms with van der Waals surface area (Å²) in [4.78, 5) is 20.9. The first-order valence-electron chi connectivity index (χ1n) is 5.44. The number of ether oxygens (including phenoxy) is 1. The van der Waals surface area contributed by atoms with Crippen LogP contribution in [0.3, 0.4) is 0 Å². The van der Waals surface area contributed by atoms with E-state index in [1.807, 2.05) is 5.32 Å². The standard InChI is InChI=1S/C10H11ClN2O8S.Na.H/c11-4-1-6(8(14)7(2-4)22(18,19)20)13-10(17)21-3-5(12)9(15)16;;/h1-2,5,14H,3,12H2,(H,13,17)(H,15,16)(H,18,19,20);;/q;+1;-1/t5-;;/m0../s1. The Morgan fingerprint density at radius 1 is 1.43 bits per heavy atom. The molecule has 1 atom stereocenters. The van der Waals surface area contributed by atoms with E-state index >= 15 is 0 Å². The van der Waals surface area contributed by atoms with Gasteiger partial charge in [0.05, 0.1) is 5.69 Å². The molecule has 0 radical (unpaired) electrons. The van der Waals surface area contributed by atoms with Crippen LogP contribution in [0.2, 0.25) is 5.02 Å². The van der Waals surface area contributed by atoms with Gasteiger partial charge in [0.2, 0.25) is 0 Å². The van der Waals surface area contributed by atoms with E-state index in [9.17, 15) is 23.1 Å². The third-order valence-electron chi connectivity index (χ3n) is 2.27. The van der Waals surface area contributed by atoms with E-state index in [2.05, 4.69) is 4.74 Å². The van der Waals surface area contributed by atoms with Gasteiger partial charge in [-0.05, 0) is 12.1 Å².